The van der Waals surface area contributed by atoms with E-state index in [0.29, 0.717) is 6.29 Å². The maximum absolute atomic E-state index is 12.0. The van der Waals surface area contributed by atoms with Gasteiger partial charge in [0.05, 0.1) is 13.2 Å². The first-order chi connectivity index (χ1) is 11.4. The lowest BCUT2D eigenvalue weighted by Gasteiger charge is -2.52. The average molecular weight is 342 g/mol. The zero-order chi connectivity index (χ0) is 17.2. The van der Waals surface area contributed by atoms with Gasteiger partial charge in [-0.2, -0.15) is 0 Å². The van der Waals surface area contributed by atoms with Gasteiger partial charge in [-0.15, -0.1) is 0 Å². The first-order valence-corrected chi connectivity index (χ1v) is 11.3. The van der Waals surface area contributed by atoms with Crippen molar-refractivity contribution in [3.8, 4) is 0 Å². The molecular formula is C20H27N2OP. The third kappa shape index (κ3) is 4.16. The predicted molar refractivity (Wildman–Crippen MR) is 102 cm³/mol. The highest BCUT2D eigenvalue weighted by Gasteiger charge is 2.42. The summed E-state index contributed by atoms with van der Waals surface area (Å²) in [5.74, 6) is 0. The van der Waals surface area contributed by atoms with Gasteiger partial charge in [0.25, 0.3) is 0 Å². The van der Waals surface area contributed by atoms with Crippen LogP contribution in [0.2, 0.25) is 0 Å². The molecule has 0 spiro atoms. The molecule has 0 aliphatic carbocycles. The number of nitrogens with one attached hydrogen (secondary N) is 1. The fourth-order valence-corrected chi connectivity index (χ4v) is 4.17. The highest BCUT2D eigenvalue weighted by Crippen LogP contribution is 2.38. The second kappa shape index (κ2) is 6.84. The fourth-order valence-electron chi connectivity index (χ4n) is 3.41. The quantitative estimate of drug-likeness (QED) is 0.805. The number of rotatable bonds is 6. The Kier molecular flexibility index (Phi) is 4.96. The molecule has 1 N–H and O–H groups in total. The van der Waals surface area contributed by atoms with E-state index in [1.165, 1.54) is 11.1 Å². The zero-order valence-corrected chi connectivity index (χ0v) is 15.7. The second-order valence-corrected chi connectivity index (χ2v) is 11.1. The van der Waals surface area contributed by atoms with Crippen molar-refractivity contribution in [2.24, 2.45) is 0 Å². The Bertz CT molecular complexity index is 665. The third-order valence-corrected chi connectivity index (χ3v) is 5.51. The lowest BCUT2D eigenvalue weighted by Crippen LogP contribution is -2.68. The molecule has 1 aliphatic rings. The van der Waals surface area contributed by atoms with Crippen LogP contribution in [0, 0.1) is 0 Å². The van der Waals surface area contributed by atoms with Crippen molar-refractivity contribution in [1.82, 2.24) is 10.2 Å². The lowest BCUT2D eigenvalue weighted by atomic mass is 9.86. The van der Waals surface area contributed by atoms with Crippen molar-refractivity contribution in [2.75, 3.05) is 32.7 Å². The van der Waals surface area contributed by atoms with E-state index in [1.807, 2.05) is 13.3 Å². The van der Waals surface area contributed by atoms with Gasteiger partial charge < -0.3 is 9.88 Å². The van der Waals surface area contributed by atoms with Crippen molar-refractivity contribution < 1.29 is 4.57 Å². The predicted octanol–water partition coefficient (Wildman–Crippen LogP) is 4.02. The molecule has 0 atom stereocenters. The van der Waals surface area contributed by atoms with E-state index in [2.05, 4.69) is 77.8 Å². The van der Waals surface area contributed by atoms with Crippen LogP contribution in [0.5, 0.6) is 0 Å². The van der Waals surface area contributed by atoms with Crippen LogP contribution in [0.25, 0.3) is 0 Å². The maximum Gasteiger partial charge on any atom is 0.0949 e. The van der Waals surface area contributed by atoms with Gasteiger partial charge in [-0.05, 0) is 31.4 Å². The fraction of sp³-hybridized carbons (Fsp3) is 0.400. The van der Waals surface area contributed by atoms with Crippen molar-refractivity contribution >= 4 is 7.14 Å². The van der Waals surface area contributed by atoms with Crippen molar-refractivity contribution in [2.45, 2.75) is 18.5 Å². The zero-order valence-electron chi connectivity index (χ0n) is 14.8. The molecule has 4 heteroatoms. The van der Waals surface area contributed by atoms with Crippen LogP contribution in [0.15, 0.2) is 60.7 Å². The monoisotopic (exact) mass is 342 g/mol. The van der Waals surface area contributed by atoms with Gasteiger partial charge in [0, 0.05) is 24.9 Å². The van der Waals surface area contributed by atoms with Crippen LogP contribution in [-0.2, 0) is 4.57 Å². The van der Waals surface area contributed by atoms with Crippen molar-refractivity contribution in [3.63, 3.8) is 0 Å². The topological polar surface area (TPSA) is 32.3 Å². The normalized spacial score (nSPS) is 17.7. The van der Waals surface area contributed by atoms with E-state index in [4.69, 9.17) is 0 Å². The molecule has 0 aromatic heterocycles. The van der Waals surface area contributed by atoms with Crippen molar-refractivity contribution in [3.05, 3.63) is 71.8 Å². The van der Waals surface area contributed by atoms with E-state index < -0.39 is 7.14 Å². The molecule has 1 heterocycles. The SMILES string of the molecule is CC1(NCP(C)(C)=O)CN(C(c2ccccc2)c2ccccc2)C1. The summed E-state index contributed by atoms with van der Waals surface area (Å²) in [7, 11) is -2.03. The third-order valence-electron chi connectivity index (χ3n) is 4.59. The lowest BCUT2D eigenvalue weighted by molar-refractivity contribution is 0.0322. The summed E-state index contributed by atoms with van der Waals surface area (Å²) in [6.45, 7) is 7.84. The summed E-state index contributed by atoms with van der Waals surface area (Å²) in [6.07, 6.45) is 0.610. The summed E-state index contributed by atoms with van der Waals surface area (Å²) in [4.78, 5) is 2.49. The van der Waals surface area contributed by atoms with Gasteiger partial charge >= 0.3 is 0 Å². The molecular weight excluding hydrogens is 315 g/mol. The van der Waals surface area contributed by atoms with E-state index in [1.54, 1.807) is 0 Å². The van der Waals surface area contributed by atoms with Gasteiger partial charge in [-0.25, -0.2) is 0 Å². The Hall–Kier alpha value is -1.41. The highest BCUT2D eigenvalue weighted by molar-refractivity contribution is 7.62. The van der Waals surface area contributed by atoms with Gasteiger partial charge in [0.15, 0.2) is 0 Å². The number of benzene rings is 2. The first kappa shape index (κ1) is 17.4. The van der Waals surface area contributed by atoms with Crippen LogP contribution in [0.4, 0.5) is 0 Å². The standard InChI is InChI=1S/C20H27N2OP/c1-20(21-16-24(2,3)23)14-22(15-20)19(17-10-6-4-7-11-17)18-12-8-5-9-13-18/h4-13,19,21H,14-16H2,1-3H3. The van der Waals surface area contributed by atoms with Crippen LogP contribution < -0.4 is 5.32 Å². The minimum Gasteiger partial charge on any atom is -0.323 e. The molecule has 128 valence electrons. The summed E-state index contributed by atoms with van der Waals surface area (Å²) >= 11 is 0. The largest absolute Gasteiger partial charge is 0.323 e. The summed E-state index contributed by atoms with van der Waals surface area (Å²) in [6, 6.07) is 21.6. The van der Waals surface area contributed by atoms with Crippen LogP contribution in [-0.4, -0.2) is 43.1 Å². The summed E-state index contributed by atoms with van der Waals surface area (Å²) in [5.41, 5.74) is 2.69. The molecule has 2 aromatic rings. The molecule has 3 nitrogen and oxygen atoms in total. The number of hydrogen-bond acceptors (Lipinski definition) is 3. The van der Waals surface area contributed by atoms with Crippen molar-refractivity contribution in [1.29, 1.82) is 0 Å². The van der Waals surface area contributed by atoms with E-state index in [0.717, 1.165) is 13.1 Å². The highest BCUT2D eigenvalue weighted by atomic mass is 31.2. The Morgan fingerprint density at radius 3 is 1.88 bits per heavy atom. The Balaban J connectivity index is 1.76. The maximum atomic E-state index is 12.0. The molecule has 0 saturated carbocycles. The van der Waals surface area contributed by atoms with E-state index in [-0.39, 0.29) is 11.6 Å². The smallest absolute Gasteiger partial charge is 0.0949 e. The number of likely N-dealkylation sites (tertiary alicyclic amines) is 1. The molecule has 0 unspecified atom stereocenters. The second-order valence-electron chi connectivity index (χ2n) is 7.60. The molecule has 24 heavy (non-hydrogen) atoms. The van der Waals surface area contributed by atoms with Gasteiger partial charge in [0.2, 0.25) is 0 Å². The van der Waals surface area contributed by atoms with Gasteiger partial charge in [-0.3, -0.25) is 4.90 Å². The molecule has 1 fully saturated rings. The molecule has 3 rings (SSSR count). The minimum atomic E-state index is -2.03. The molecule has 0 bridgehead atoms. The van der Waals surface area contributed by atoms with E-state index in [9.17, 15) is 4.57 Å². The number of nitrogens with zero attached hydrogens (tertiary/aromatic N) is 1. The number of hydrogen-bond donors (Lipinski definition) is 1. The van der Waals surface area contributed by atoms with Gasteiger partial charge in [0.1, 0.15) is 0 Å². The summed E-state index contributed by atoms with van der Waals surface area (Å²) < 4.78 is 12.0. The van der Waals surface area contributed by atoms with Crippen LogP contribution in [0.1, 0.15) is 24.1 Å². The van der Waals surface area contributed by atoms with E-state index >= 15 is 0 Å². The first-order valence-electron chi connectivity index (χ1n) is 8.49. The Morgan fingerprint density at radius 1 is 1.00 bits per heavy atom. The molecule has 1 saturated heterocycles. The minimum absolute atomic E-state index is 0.0451. The summed E-state index contributed by atoms with van der Waals surface area (Å²) in [5, 5.41) is 3.52. The Morgan fingerprint density at radius 2 is 1.46 bits per heavy atom. The molecule has 1 aliphatic heterocycles. The average Bonchev–Trinajstić information content (AvgIpc) is 2.53. The molecule has 0 radical (unpaired) electrons. The molecule has 2 aromatic carbocycles. The van der Waals surface area contributed by atoms with Crippen LogP contribution >= 0.6 is 7.14 Å². The molecule has 0 amide bonds. The van der Waals surface area contributed by atoms with Gasteiger partial charge in [-0.1, -0.05) is 60.7 Å². The Labute approximate surface area is 145 Å². The van der Waals surface area contributed by atoms with Crippen LogP contribution in [0.3, 0.4) is 0 Å².